The second-order valence-electron chi connectivity index (χ2n) is 13.5. The third kappa shape index (κ3) is 7.18. The molecule has 0 radical (unpaired) electrons. The Hall–Kier alpha value is -2.16. The van der Waals surface area contributed by atoms with E-state index in [1.165, 1.54) is 16.8 Å². The molecule has 9 nitrogen and oxygen atoms in total. The van der Waals surface area contributed by atoms with Gasteiger partial charge in [-0.05, 0) is 41.8 Å². The number of nitrogens with zero attached hydrogens (tertiary/aromatic N) is 2. The van der Waals surface area contributed by atoms with Crippen LogP contribution in [0.15, 0.2) is 52.2 Å². The van der Waals surface area contributed by atoms with Crippen molar-refractivity contribution in [3.05, 3.63) is 69.0 Å². The number of Topliss-reactive ketones (excluding diaryl/α,β-unsaturated/α-hetero) is 1. The fraction of sp³-hybridized carbons (Fsp3) is 0.621. The van der Waals surface area contributed by atoms with E-state index in [0.29, 0.717) is 0 Å². The predicted octanol–water partition coefficient (Wildman–Crippen LogP) is 5.06. The molecule has 2 heterocycles. The van der Waals surface area contributed by atoms with E-state index in [1.807, 2.05) is 30.3 Å². The lowest BCUT2D eigenvalue weighted by molar-refractivity contribution is -0.127. The van der Waals surface area contributed by atoms with E-state index in [1.54, 1.807) is 0 Å². The van der Waals surface area contributed by atoms with Crippen molar-refractivity contribution in [3.8, 4) is 0 Å². The van der Waals surface area contributed by atoms with Crippen molar-refractivity contribution in [1.29, 1.82) is 0 Å². The Kier molecular flexibility index (Phi) is 9.70. The molecule has 2 aromatic rings. The standard InChI is InChI=1S/C29H46N2O7Si2/c1-28(2,3)39(7,8)36-19-22-24(33)25(38-40(9,10)29(4,5)6)26(37-22)30-17-16-23(32)31(27(30)34)20-35-18-21-14-12-11-13-15-21/h11-17,22,25-26H,18-20H2,1-10H3/t22-,25-,26-/m1/s1. The number of rotatable bonds is 10. The Bertz CT molecular complexity index is 1290. The van der Waals surface area contributed by atoms with E-state index >= 15 is 0 Å². The molecule has 3 rings (SSSR count). The first kappa shape index (κ1) is 32.4. The average molecular weight is 591 g/mol. The van der Waals surface area contributed by atoms with E-state index in [9.17, 15) is 14.4 Å². The number of aromatic nitrogens is 2. The molecule has 1 aromatic carbocycles. The van der Waals surface area contributed by atoms with E-state index < -0.39 is 46.3 Å². The van der Waals surface area contributed by atoms with E-state index in [-0.39, 0.29) is 35.8 Å². The van der Waals surface area contributed by atoms with Gasteiger partial charge in [-0.1, -0.05) is 71.9 Å². The monoisotopic (exact) mass is 590 g/mol. The van der Waals surface area contributed by atoms with Crippen LogP contribution in [0.4, 0.5) is 0 Å². The van der Waals surface area contributed by atoms with Gasteiger partial charge in [0.2, 0.25) is 0 Å². The number of hydrogen-bond donors (Lipinski definition) is 0. The SMILES string of the molecule is CC(C)(C)[Si](C)(C)OC[C@H]1O[C@@H](n2ccc(=O)n(COCc3ccccc3)c2=O)[C@H](O[Si](C)(C)C(C)(C)C)C1=O. The lowest BCUT2D eigenvalue weighted by Gasteiger charge is -2.39. The lowest BCUT2D eigenvalue weighted by Crippen LogP contribution is -2.49. The van der Waals surface area contributed by atoms with Gasteiger partial charge in [-0.25, -0.2) is 9.36 Å². The molecule has 0 aliphatic carbocycles. The molecular weight excluding hydrogens is 544 g/mol. The van der Waals surface area contributed by atoms with Gasteiger partial charge in [0.25, 0.3) is 5.56 Å². The van der Waals surface area contributed by atoms with Crippen molar-refractivity contribution in [2.24, 2.45) is 0 Å². The first-order valence-corrected chi connectivity index (χ1v) is 19.6. The van der Waals surface area contributed by atoms with Crippen molar-refractivity contribution < 1.29 is 23.1 Å². The Morgan fingerprint density at radius 1 is 0.875 bits per heavy atom. The zero-order valence-electron chi connectivity index (χ0n) is 25.6. The van der Waals surface area contributed by atoms with Gasteiger partial charge in [-0.2, -0.15) is 0 Å². The molecule has 0 unspecified atom stereocenters. The number of carbonyl (C=O) groups excluding carboxylic acids is 1. The van der Waals surface area contributed by atoms with E-state index in [0.717, 1.165) is 10.1 Å². The van der Waals surface area contributed by atoms with Gasteiger partial charge in [-0.3, -0.25) is 14.2 Å². The highest BCUT2D eigenvalue weighted by Crippen LogP contribution is 2.41. The zero-order valence-corrected chi connectivity index (χ0v) is 27.6. The van der Waals surface area contributed by atoms with Crippen molar-refractivity contribution in [2.45, 2.75) is 110 Å². The van der Waals surface area contributed by atoms with Gasteiger partial charge >= 0.3 is 5.69 Å². The minimum Gasteiger partial charge on any atom is -0.414 e. The van der Waals surface area contributed by atoms with Crippen LogP contribution in [0.25, 0.3) is 0 Å². The van der Waals surface area contributed by atoms with Crippen LogP contribution in [0.5, 0.6) is 0 Å². The molecule has 0 bridgehead atoms. The van der Waals surface area contributed by atoms with Crippen LogP contribution in [-0.4, -0.2) is 50.4 Å². The molecule has 0 saturated carbocycles. The van der Waals surface area contributed by atoms with E-state index in [2.05, 4.69) is 67.7 Å². The summed E-state index contributed by atoms with van der Waals surface area (Å²) in [6.07, 6.45) is -1.57. The predicted molar refractivity (Wildman–Crippen MR) is 160 cm³/mol. The molecule has 3 atom stereocenters. The zero-order chi connectivity index (χ0) is 30.1. The Balaban J connectivity index is 1.92. The fourth-order valence-corrected chi connectivity index (χ4v) is 5.97. The average Bonchev–Trinajstić information content (AvgIpc) is 3.13. The van der Waals surface area contributed by atoms with Crippen LogP contribution in [0.3, 0.4) is 0 Å². The quantitative estimate of drug-likeness (QED) is 0.357. The molecule has 11 heteroatoms. The maximum absolute atomic E-state index is 13.8. The summed E-state index contributed by atoms with van der Waals surface area (Å²) in [5.41, 5.74) is -0.213. The summed E-state index contributed by atoms with van der Waals surface area (Å²) in [5, 5.41) is -0.222. The summed E-state index contributed by atoms with van der Waals surface area (Å²) in [4.78, 5) is 40.0. The molecular formula is C29H46N2O7Si2. The second kappa shape index (κ2) is 12.0. The molecule has 0 amide bonds. The summed E-state index contributed by atoms with van der Waals surface area (Å²) in [7, 11) is -4.61. The highest BCUT2D eigenvalue weighted by atomic mass is 28.4. The summed E-state index contributed by atoms with van der Waals surface area (Å²) in [5.74, 6) is -0.251. The molecule has 1 aliphatic heterocycles. The van der Waals surface area contributed by atoms with Gasteiger partial charge in [0.05, 0.1) is 13.2 Å². The molecule has 1 aromatic heterocycles. The molecule has 1 saturated heterocycles. The van der Waals surface area contributed by atoms with Crippen molar-refractivity contribution >= 4 is 22.4 Å². The molecule has 1 aliphatic rings. The van der Waals surface area contributed by atoms with Crippen LogP contribution in [-0.2, 0) is 36.5 Å². The summed E-state index contributed by atoms with van der Waals surface area (Å²) < 4.78 is 27.1. The highest BCUT2D eigenvalue weighted by Gasteiger charge is 2.51. The van der Waals surface area contributed by atoms with Crippen LogP contribution >= 0.6 is 0 Å². The maximum Gasteiger partial charge on any atom is 0.335 e. The normalized spacial score (nSPS) is 20.8. The van der Waals surface area contributed by atoms with Crippen molar-refractivity contribution in [2.75, 3.05) is 6.61 Å². The summed E-state index contributed by atoms with van der Waals surface area (Å²) >= 11 is 0. The van der Waals surface area contributed by atoms with Crippen LogP contribution in [0, 0.1) is 0 Å². The largest absolute Gasteiger partial charge is 0.414 e. The number of ether oxygens (including phenoxy) is 2. The fourth-order valence-electron chi connectivity index (χ4n) is 3.75. The van der Waals surface area contributed by atoms with Crippen LogP contribution in [0.2, 0.25) is 36.3 Å². The third-order valence-electron chi connectivity index (χ3n) is 8.49. The van der Waals surface area contributed by atoms with Crippen molar-refractivity contribution in [3.63, 3.8) is 0 Å². The number of ketones is 1. The Labute approximate surface area is 239 Å². The molecule has 0 N–H and O–H groups in total. The summed E-state index contributed by atoms with van der Waals surface area (Å²) in [6, 6.07) is 10.8. The minimum atomic E-state index is -2.45. The summed E-state index contributed by atoms with van der Waals surface area (Å²) in [6.45, 7) is 21.1. The first-order chi connectivity index (χ1) is 18.4. The Morgan fingerprint density at radius 3 is 2.05 bits per heavy atom. The smallest absolute Gasteiger partial charge is 0.335 e. The molecule has 222 valence electrons. The molecule has 40 heavy (non-hydrogen) atoms. The first-order valence-electron chi connectivity index (χ1n) is 13.8. The van der Waals surface area contributed by atoms with Crippen LogP contribution < -0.4 is 11.2 Å². The topological polar surface area (TPSA) is 98.0 Å². The van der Waals surface area contributed by atoms with Gasteiger partial charge < -0.3 is 18.3 Å². The minimum absolute atomic E-state index is 0.0444. The number of hydrogen-bond acceptors (Lipinski definition) is 7. The molecule has 1 fully saturated rings. The number of benzene rings is 1. The van der Waals surface area contributed by atoms with Crippen molar-refractivity contribution in [1.82, 2.24) is 9.13 Å². The molecule has 0 spiro atoms. The lowest BCUT2D eigenvalue weighted by atomic mass is 10.2. The van der Waals surface area contributed by atoms with E-state index in [4.69, 9.17) is 18.3 Å². The number of carbonyl (C=O) groups is 1. The second-order valence-corrected chi connectivity index (χ2v) is 23.1. The van der Waals surface area contributed by atoms with Gasteiger partial charge in [0.1, 0.15) is 12.8 Å². The van der Waals surface area contributed by atoms with Crippen LogP contribution in [0.1, 0.15) is 53.3 Å². The maximum atomic E-state index is 13.8. The van der Waals surface area contributed by atoms with Gasteiger partial charge in [0.15, 0.2) is 34.7 Å². The Morgan fingerprint density at radius 2 is 1.48 bits per heavy atom. The van der Waals surface area contributed by atoms with Gasteiger partial charge in [-0.15, -0.1) is 0 Å². The third-order valence-corrected chi connectivity index (χ3v) is 17.4. The van der Waals surface area contributed by atoms with Gasteiger partial charge in [0, 0.05) is 12.3 Å². The highest BCUT2D eigenvalue weighted by molar-refractivity contribution is 6.74.